The van der Waals surface area contributed by atoms with Crippen LogP contribution in [0.1, 0.15) is 12.6 Å². The highest BCUT2D eigenvalue weighted by molar-refractivity contribution is 9.10. The van der Waals surface area contributed by atoms with E-state index in [9.17, 15) is 4.79 Å². The van der Waals surface area contributed by atoms with Crippen LogP contribution in [0.2, 0.25) is 0 Å². The second-order valence-electron chi connectivity index (χ2n) is 5.15. The average molecular weight is 418 g/mol. The lowest BCUT2D eigenvalue weighted by molar-refractivity contribution is -0.133. The molecule has 0 aliphatic carbocycles. The van der Waals surface area contributed by atoms with Gasteiger partial charge in [-0.15, -0.1) is 11.3 Å². The number of aromatic nitrogens is 1. The Labute approximate surface area is 158 Å². The van der Waals surface area contributed by atoms with Gasteiger partial charge in [-0.05, 0) is 47.1 Å². The molecule has 128 valence electrons. The molecule has 4 nitrogen and oxygen atoms in total. The Morgan fingerprint density at radius 1 is 1.12 bits per heavy atom. The van der Waals surface area contributed by atoms with E-state index < -0.39 is 0 Å². The van der Waals surface area contributed by atoms with Crippen LogP contribution in [-0.2, 0) is 11.2 Å². The zero-order valence-electron chi connectivity index (χ0n) is 13.6. The first kappa shape index (κ1) is 17.6. The number of benzene rings is 2. The summed E-state index contributed by atoms with van der Waals surface area (Å²) in [7, 11) is 0. The van der Waals surface area contributed by atoms with Crippen molar-refractivity contribution in [2.24, 2.45) is 0 Å². The fraction of sp³-hybridized carbons (Fsp3) is 0.158. The third-order valence-corrected chi connectivity index (χ3v) is 4.93. The van der Waals surface area contributed by atoms with Crippen LogP contribution in [0.5, 0.6) is 11.5 Å². The summed E-state index contributed by atoms with van der Waals surface area (Å²) in [4.78, 5) is 16.7. The third kappa shape index (κ3) is 4.46. The van der Waals surface area contributed by atoms with Crippen molar-refractivity contribution in [1.82, 2.24) is 4.98 Å². The van der Waals surface area contributed by atoms with E-state index in [0.717, 1.165) is 20.8 Å². The van der Waals surface area contributed by atoms with Gasteiger partial charge in [-0.25, -0.2) is 4.98 Å². The molecule has 3 rings (SSSR count). The van der Waals surface area contributed by atoms with Crippen LogP contribution in [0.4, 0.5) is 0 Å². The Morgan fingerprint density at radius 3 is 2.60 bits per heavy atom. The van der Waals surface area contributed by atoms with Crippen LogP contribution >= 0.6 is 27.3 Å². The van der Waals surface area contributed by atoms with Crippen LogP contribution in [0.15, 0.2) is 58.4 Å². The molecule has 0 atom stereocenters. The molecule has 1 aromatic heterocycles. The summed E-state index contributed by atoms with van der Waals surface area (Å²) < 4.78 is 11.8. The Bertz CT molecular complexity index is 878. The second kappa shape index (κ2) is 8.27. The molecule has 0 bridgehead atoms. The van der Waals surface area contributed by atoms with Gasteiger partial charge >= 0.3 is 5.97 Å². The minimum atomic E-state index is -0.346. The van der Waals surface area contributed by atoms with E-state index in [2.05, 4.69) is 20.9 Å². The maximum Gasteiger partial charge on any atom is 0.317 e. The number of nitrogens with zero attached hydrogens (tertiary/aromatic N) is 1. The van der Waals surface area contributed by atoms with E-state index in [1.807, 2.05) is 54.8 Å². The highest BCUT2D eigenvalue weighted by atomic mass is 79.9. The molecular weight excluding hydrogens is 402 g/mol. The molecule has 0 radical (unpaired) electrons. The quantitative estimate of drug-likeness (QED) is 0.412. The number of esters is 1. The normalized spacial score (nSPS) is 10.5. The second-order valence-corrected chi connectivity index (χ2v) is 6.87. The molecule has 0 spiro atoms. The van der Waals surface area contributed by atoms with E-state index in [0.29, 0.717) is 18.1 Å². The first-order chi connectivity index (χ1) is 12.2. The van der Waals surface area contributed by atoms with Gasteiger partial charge < -0.3 is 9.47 Å². The van der Waals surface area contributed by atoms with E-state index in [1.54, 1.807) is 6.07 Å². The maximum atomic E-state index is 12.1. The SMILES string of the molecule is CCOc1ccccc1-c1nc(CC(=O)Oc2ccccc2Br)cs1. The smallest absolute Gasteiger partial charge is 0.317 e. The van der Waals surface area contributed by atoms with Gasteiger partial charge in [-0.2, -0.15) is 0 Å². The Hall–Kier alpha value is -2.18. The summed E-state index contributed by atoms with van der Waals surface area (Å²) in [6, 6.07) is 15.0. The molecule has 0 aliphatic rings. The number of carbonyl (C=O) groups excluding carboxylic acids is 1. The highest BCUT2D eigenvalue weighted by Crippen LogP contribution is 2.32. The van der Waals surface area contributed by atoms with E-state index in [4.69, 9.17) is 9.47 Å². The van der Waals surface area contributed by atoms with Crippen molar-refractivity contribution in [2.75, 3.05) is 6.61 Å². The van der Waals surface area contributed by atoms with Crippen molar-refractivity contribution in [3.05, 3.63) is 64.1 Å². The Morgan fingerprint density at radius 2 is 1.84 bits per heavy atom. The van der Waals surface area contributed by atoms with Gasteiger partial charge in [-0.1, -0.05) is 24.3 Å². The van der Waals surface area contributed by atoms with Gasteiger partial charge in [0.2, 0.25) is 0 Å². The van der Waals surface area contributed by atoms with E-state index in [1.165, 1.54) is 11.3 Å². The molecule has 0 N–H and O–H groups in total. The lowest BCUT2D eigenvalue weighted by atomic mass is 10.2. The number of para-hydroxylation sites is 2. The first-order valence-corrected chi connectivity index (χ1v) is 9.46. The number of carbonyl (C=O) groups is 1. The molecular formula is C19H16BrNO3S. The predicted octanol–water partition coefficient (Wildman–Crippen LogP) is 5.12. The lowest BCUT2D eigenvalue weighted by Gasteiger charge is -2.07. The van der Waals surface area contributed by atoms with Crippen molar-refractivity contribution in [3.8, 4) is 22.1 Å². The van der Waals surface area contributed by atoms with Crippen molar-refractivity contribution >= 4 is 33.2 Å². The zero-order valence-corrected chi connectivity index (χ0v) is 16.0. The van der Waals surface area contributed by atoms with Gasteiger partial charge in [0.05, 0.1) is 28.8 Å². The molecule has 0 aliphatic heterocycles. The van der Waals surface area contributed by atoms with Crippen LogP contribution in [0.25, 0.3) is 10.6 Å². The number of hydrogen-bond donors (Lipinski definition) is 0. The highest BCUT2D eigenvalue weighted by Gasteiger charge is 2.14. The van der Waals surface area contributed by atoms with E-state index in [-0.39, 0.29) is 12.4 Å². The summed E-state index contributed by atoms with van der Waals surface area (Å²) in [5.74, 6) is 0.952. The Kier molecular flexibility index (Phi) is 5.83. The minimum absolute atomic E-state index is 0.120. The van der Waals surface area contributed by atoms with Crippen LogP contribution < -0.4 is 9.47 Å². The standard InChI is InChI=1S/C19H16BrNO3S/c1-2-23-16-9-5-3-7-14(16)19-21-13(12-25-19)11-18(22)24-17-10-6-4-8-15(17)20/h3-10,12H,2,11H2,1H3. The lowest BCUT2D eigenvalue weighted by Crippen LogP contribution is -2.11. The summed E-state index contributed by atoms with van der Waals surface area (Å²) in [5.41, 5.74) is 1.61. The number of thiazole rings is 1. The van der Waals surface area contributed by atoms with Crippen molar-refractivity contribution in [2.45, 2.75) is 13.3 Å². The number of rotatable bonds is 6. The monoisotopic (exact) mass is 417 g/mol. The third-order valence-electron chi connectivity index (χ3n) is 3.35. The Balaban J connectivity index is 1.72. The van der Waals surface area contributed by atoms with Crippen molar-refractivity contribution in [3.63, 3.8) is 0 Å². The molecule has 3 aromatic rings. The molecule has 0 unspecified atom stereocenters. The van der Waals surface area contributed by atoms with Crippen molar-refractivity contribution < 1.29 is 14.3 Å². The summed E-state index contributed by atoms with van der Waals surface area (Å²) in [6.07, 6.45) is 0.120. The van der Waals surface area contributed by atoms with Crippen LogP contribution in [-0.4, -0.2) is 17.6 Å². The molecule has 6 heteroatoms. The topological polar surface area (TPSA) is 48.4 Å². The summed E-state index contributed by atoms with van der Waals surface area (Å²) >= 11 is 4.85. The summed E-state index contributed by atoms with van der Waals surface area (Å²) in [6.45, 7) is 2.54. The zero-order chi connectivity index (χ0) is 17.6. The largest absolute Gasteiger partial charge is 0.493 e. The van der Waals surface area contributed by atoms with Gasteiger partial charge in [0, 0.05) is 5.38 Å². The van der Waals surface area contributed by atoms with Gasteiger partial charge in [0.25, 0.3) is 0 Å². The van der Waals surface area contributed by atoms with Crippen molar-refractivity contribution in [1.29, 1.82) is 0 Å². The molecule has 25 heavy (non-hydrogen) atoms. The summed E-state index contributed by atoms with van der Waals surface area (Å²) in [5, 5.41) is 2.70. The number of ether oxygens (including phenoxy) is 2. The molecule has 0 fully saturated rings. The van der Waals surface area contributed by atoms with Gasteiger partial charge in [0.15, 0.2) is 0 Å². The molecule has 0 saturated carbocycles. The fourth-order valence-corrected chi connectivity index (χ4v) is 3.49. The van der Waals surface area contributed by atoms with E-state index >= 15 is 0 Å². The minimum Gasteiger partial charge on any atom is -0.493 e. The van der Waals surface area contributed by atoms with Gasteiger partial charge in [-0.3, -0.25) is 4.79 Å². The average Bonchev–Trinajstić information content (AvgIpc) is 3.06. The molecule has 0 saturated heterocycles. The molecule has 0 amide bonds. The maximum absolute atomic E-state index is 12.1. The molecule has 1 heterocycles. The van der Waals surface area contributed by atoms with Crippen LogP contribution in [0, 0.1) is 0 Å². The van der Waals surface area contributed by atoms with Gasteiger partial charge in [0.1, 0.15) is 16.5 Å². The first-order valence-electron chi connectivity index (χ1n) is 7.79. The fourth-order valence-electron chi connectivity index (χ4n) is 2.27. The number of hydrogen-bond acceptors (Lipinski definition) is 5. The van der Waals surface area contributed by atoms with Crippen LogP contribution in [0.3, 0.4) is 0 Å². The molecule has 2 aromatic carbocycles. The number of halogens is 1. The predicted molar refractivity (Wildman–Crippen MR) is 102 cm³/mol.